The molecule has 0 unspecified atom stereocenters. The molecule has 0 radical (unpaired) electrons. The van der Waals surface area contributed by atoms with E-state index < -0.39 is 0 Å². The molecule has 3 aromatic rings. The molecule has 0 saturated heterocycles. The zero-order valence-corrected chi connectivity index (χ0v) is 15.6. The first-order chi connectivity index (χ1) is 13.3. The van der Waals surface area contributed by atoms with E-state index in [-0.39, 0.29) is 12.7 Å². The molecule has 0 spiro atoms. The number of amides is 1. The van der Waals surface area contributed by atoms with E-state index in [2.05, 4.69) is 27.8 Å². The Balaban J connectivity index is 1.21. The third-order valence-electron chi connectivity index (χ3n) is 4.35. The molecule has 1 N–H and O–H groups in total. The predicted octanol–water partition coefficient (Wildman–Crippen LogP) is 3.83. The summed E-state index contributed by atoms with van der Waals surface area (Å²) in [5, 5.41) is 6.04. The maximum Gasteiger partial charge on any atom is 0.231 e. The lowest BCUT2D eigenvalue weighted by Gasteiger charge is -2.05. The number of hydrogen-bond acceptors (Lipinski definition) is 5. The van der Waals surface area contributed by atoms with E-state index in [0.717, 1.165) is 39.7 Å². The van der Waals surface area contributed by atoms with E-state index in [9.17, 15) is 4.79 Å². The van der Waals surface area contributed by atoms with E-state index in [0.29, 0.717) is 19.4 Å². The topological polar surface area (TPSA) is 60.5 Å². The lowest BCUT2D eigenvalue weighted by Crippen LogP contribution is -2.25. The van der Waals surface area contributed by atoms with Crippen molar-refractivity contribution >= 4 is 17.2 Å². The zero-order chi connectivity index (χ0) is 18.5. The highest BCUT2D eigenvalue weighted by molar-refractivity contribution is 7.13. The number of aromatic nitrogens is 1. The van der Waals surface area contributed by atoms with Gasteiger partial charge in [-0.15, -0.1) is 11.3 Å². The quantitative estimate of drug-likeness (QED) is 0.677. The third-order valence-corrected chi connectivity index (χ3v) is 5.29. The second-order valence-corrected chi connectivity index (χ2v) is 7.16. The average Bonchev–Trinajstić information content (AvgIpc) is 3.36. The molecule has 4 rings (SSSR count). The van der Waals surface area contributed by atoms with Gasteiger partial charge in [0.15, 0.2) is 11.5 Å². The number of nitrogens with zero attached hydrogens (tertiary/aromatic N) is 1. The smallest absolute Gasteiger partial charge is 0.231 e. The van der Waals surface area contributed by atoms with Gasteiger partial charge in [0.05, 0.1) is 5.69 Å². The van der Waals surface area contributed by atoms with Crippen LogP contribution in [0.15, 0.2) is 53.9 Å². The Kier molecular flexibility index (Phi) is 5.34. The minimum Gasteiger partial charge on any atom is -0.454 e. The fraction of sp³-hybridized carbons (Fsp3) is 0.238. The van der Waals surface area contributed by atoms with Gasteiger partial charge in [0.1, 0.15) is 5.01 Å². The number of carbonyl (C=O) groups excluding carboxylic acids is 1. The second kappa shape index (κ2) is 8.22. The first-order valence-corrected chi connectivity index (χ1v) is 9.81. The van der Waals surface area contributed by atoms with Crippen molar-refractivity contribution in [2.75, 3.05) is 13.3 Å². The predicted molar refractivity (Wildman–Crippen MR) is 105 cm³/mol. The van der Waals surface area contributed by atoms with E-state index in [1.165, 1.54) is 0 Å². The van der Waals surface area contributed by atoms with Gasteiger partial charge in [0.2, 0.25) is 12.7 Å². The summed E-state index contributed by atoms with van der Waals surface area (Å²) < 4.78 is 10.7. The van der Waals surface area contributed by atoms with Crippen LogP contribution in [0.25, 0.3) is 10.6 Å². The Bertz CT molecular complexity index is 924. The van der Waals surface area contributed by atoms with Crippen LogP contribution in [0.1, 0.15) is 17.7 Å². The molecule has 0 bridgehead atoms. The van der Waals surface area contributed by atoms with E-state index in [4.69, 9.17) is 9.47 Å². The first kappa shape index (κ1) is 17.5. The SMILES string of the molecule is O=C(CCc1ccc2c(c1)OCO2)NCCc1csc(-c2ccccc2)n1. The highest BCUT2D eigenvalue weighted by Crippen LogP contribution is 2.32. The van der Waals surface area contributed by atoms with Crippen molar-refractivity contribution in [3.05, 3.63) is 65.2 Å². The van der Waals surface area contributed by atoms with Crippen molar-refractivity contribution < 1.29 is 14.3 Å². The molecule has 5 nitrogen and oxygen atoms in total. The zero-order valence-electron chi connectivity index (χ0n) is 14.8. The Labute approximate surface area is 162 Å². The Morgan fingerprint density at radius 2 is 1.93 bits per heavy atom. The molecular weight excluding hydrogens is 360 g/mol. The number of thiazole rings is 1. The largest absolute Gasteiger partial charge is 0.454 e. The molecule has 138 valence electrons. The number of carbonyl (C=O) groups is 1. The van der Waals surface area contributed by atoms with Crippen LogP contribution in [-0.4, -0.2) is 24.2 Å². The maximum atomic E-state index is 12.1. The van der Waals surface area contributed by atoms with Crippen molar-refractivity contribution in [1.29, 1.82) is 0 Å². The van der Waals surface area contributed by atoms with Gasteiger partial charge in [-0.1, -0.05) is 36.4 Å². The average molecular weight is 380 g/mol. The minimum atomic E-state index is 0.0474. The summed E-state index contributed by atoms with van der Waals surface area (Å²) in [5.41, 5.74) is 3.21. The van der Waals surface area contributed by atoms with E-state index in [1.807, 2.05) is 36.4 Å². The molecule has 0 fully saturated rings. The van der Waals surface area contributed by atoms with Crippen molar-refractivity contribution in [1.82, 2.24) is 10.3 Å². The van der Waals surface area contributed by atoms with Gasteiger partial charge in [-0.3, -0.25) is 4.79 Å². The summed E-state index contributed by atoms with van der Waals surface area (Å²) in [6.07, 6.45) is 1.86. The molecule has 2 aromatic carbocycles. The van der Waals surface area contributed by atoms with E-state index in [1.54, 1.807) is 11.3 Å². The van der Waals surface area contributed by atoms with E-state index >= 15 is 0 Å². The molecule has 2 heterocycles. The van der Waals surface area contributed by atoms with Gasteiger partial charge in [-0.25, -0.2) is 4.98 Å². The molecule has 1 amide bonds. The first-order valence-electron chi connectivity index (χ1n) is 8.93. The molecule has 1 aromatic heterocycles. The number of ether oxygens (including phenoxy) is 2. The van der Waals surface area contributed by atoms with Crippen molar-refractivity contribution in [3.63, 3.8) is 0 Å². The third kappa shape index (κ3) is 4.46. The standard InChI is InChI=1S/C21H20N2O3S/c24-20(9-7-15-6-8-18-19(12-15)26-14-25-18)22-11-10-17-13-27-21(23-17)16-4-2-1-3-5-16/h1-6,8,12-13H,7,9-11,14H2,(H,22,24). The van der Waals surface area contributed by atoms with Crippen molar-refractivity contribution in [2.24, 2.45) is 0 Å². The minimum absolute atomic E-state index is 0.0474. The van der Waals surface area contributed by atoms with Gasteiger partial charge < -0.3 is 14.8 Å². The molecule has 1 aliphatic heterocycles. The van der Waals surface area contributed by atoms with Crippen LogP contribution in [-0.2, 0) is 17.6 Å². The van der Waals surface area contributed by atoms with Crippen LogP contribution in [0.4, 0.5) is 0 Å². The van der Waals surface area contributed by atoms with Gasteiger partial charge >= 0.3 is 0 Å². The molecular formula is C21H20N2O3S. The number of nitrogens with one attached hydrogen (secondary N) is 1. The van der Waals surface area contributed by atoms with Crippen LogP contribution < -0.4 is 14.8 Å². The monoisotopic (exact) mass is 380 g/mol. The summed E-state index contributed by atoms with van der Waals surface area (Å²) in [7, 11) is 0. The summed E-state index contributed by atoms with van der Waals surface area (Å²) in [6.45, 7) is 0.861. The number of fused-ring (bicyclic) bond motifs is 1. The van der Waals surface area contributed by atoms with Crippen LogP contribution in [0.2, 0.25) is 0 Å². The number of aryl methyl sites for hydroxylation is 1. The molecule has 0 saturated carbocycles. The molecule has 0 atom stereocenters. The Hall–Kier alpha value is -2.86. The van der Waals surface area contributed by atoms with Gasteiger partial charge in [-0.2, -0.15) is 0 Å². The van der Waals surface area contributed by atoms with Crippen LogP contribution in [0, 0.1) is 0 Å². The maximum absolute atomic E-state index is 12.1. The summed E-state index contributed by atoms with van der Waals surface area (Å²) in [5.74, 6) is 1.57. The van der Waals surface area contributed by atoms with Crippen LogP contribution in [0.5, 0.6) is 11.5 Å². The van der Waals surface area contributed by atoms with Gasteiger partial charge in [-0.05, 0) is 24.1 Å². The summed E-state index contributed by atoms with van der Waals surface area (Å²) in [6, 6.07) is 15.9. The van der Waals surface area contributed by atoms with Crippen molar-refractivity contribution in [2.45, 2.75) is 19.3 Å². The number of benzene rings is 2. The van der Waals surface area contributed by atoms with Crippen molar-refractivity contribution in [3.8, 4) is 22.1 Å². The molecule has 6 heteroatoms. The fourth-order valence-corrected chi connectivity index (χ4v) is 3.77. The lowest BCUT2D eigenvalue weighted by atomic mass is 10.1. The van der Waals surface area contributed by atoms with Crippen LogP contribution >= 0.6 is 11.3 Å². The highest BCUT2D eigenvalue weighted by Gasteiger charge is 2.13. The summed E-state index contributed by atoms with van der Waals surface area (Å²) >= 11 is 1.63. The lowest BCUT2D eigenvalue weighted by molar-refractivity contribution is -0.121. The second-order valence-electron chi connectivity index (χ2n) is 6.30. The number of hydrogen-bond donors (Lipinski definition) is 1. The molecule has 1 aliphatic rings. The number of rotatable bonds is 7. The van der Waals surface area contributed by atoms with Gasteiger partial charge in [0.25, 0.3) is 0 Å². The van der Waals surface area contributed by atoms with Crippen LogP contribution in [0.3, 0.4) is 0 Å². The summed E-state index contributed by atoms with van der Waals surface area (Å²) in [4.78, 5) is 16.7. The fourth-order valence-electron chi connectivity index (χ4n) is 2.91. The Morgan fingerprint density at radius 3 is 2.81 bits per heavy atom. The molecule has 0 aliphatic carbocycles. The normalized spacial score (nSPS) is 12.1. The molecule has 27 heavy (non-hydrogen) atoms. The highest BCUT2D eigenvalue weighted by atomic mass is 32.1. The van der Waals surface area contributed by atoms with Gasteiger partial charge in [0, 0.05) is 30.3 Å². The Morgan fingerprint density at radius 1 is 1.07 bits per heavy atom.